The van der Waals surface area contributed by atoms with Crippen LogP contribution >= 0.6 is 11.6 Å². The normalized spacial score (nSPS) is 10.6. The van der Waals surface area contributed by atoms with Gasteiger partial charge < -0.3 is 14.4 Å². The van der Waals surface area contributed by atoms with Crippen LogP contribution in [0.3, 0.4) is 0 Å². The first-order valence-electron chi connectivity index (χ1n) is 6.29. The van der Waals surface area contributed by atoms with Crippen molar-refractivity contribution < 1.29 is 9.84 Å². The molecular weight excluding hydrogens is 278 g/mol. The number of benzene rings is 1. The molecule has 0 radical (unpaired) electrons. The van der Waals surface area contributed by atoms with Crippen LogP contribution in [0.1, 0.15) is 12.5 Å². The first-order valence-corrected chi connectivity index (χ1v) is 6.67. The average molecular weight is 294 g/mol. The predicted molar refractivity (Wildman–Crippen MR) is 79.3 cm³/mol. The third-order valence-electron chi connectivity index (χ3n) is 3.18. The third-order valence-corrected chi connectivity index (χ3v) is 3.41. The lowest BCUT2D eigenvalue weighted by Crippen LogP contribution is -2.24. The Labute approximate surface area is 122 Å². The first kappa shape index (κ1) is 14.6. The molecule has 0 aliphatic carbocycles. The summed E-state index contributed by atoms with van der Waals surface area (Å²) in [7, 11) is 1.57. The Morgan fingerprint density at radius 2 is 2.05 bits per heavy atom. The maximum absolute atomic E-state index is 12.2. The number of nitrogens with zero attached hydrogens (tertiary/aromatic N) is 1. The van der Waals surface area contributed by atoms with Crippen molar-refractivity contribution in [1.82, 2.24) is 4.57 Å². The minimum absolute atomic E-state index is 0.200. The van der Waals surface area contributed by atoms with Crippen molar-refractivity contribution in [2.45, 2.75) is 20.1 Å². The SMILES string of the molecule is CCn1c(-c2cc(Cl)ccc2OC)ccc(CO)c1=O. The highest BCUT2D eigenvalue weighted by molar-refractivity contribution is 6.30. The van der Waals surface area contributed by atoms with Gasteiger partial charge in [0.1, 0.15) is 5.75 Å². The molecule has 0 saturated carbocycles. The fourth-order valence-electron chi connectivity index (χ4n) is 2.17. The topological polar surface area (TPSA) is 51.5 Å². The molecule has 106 valence electrons. The van der Waals surface area contributed by atoms with Crippen molar-refractivity contribution in [3.63, 3.8) is 0 Å². The Kier molecular flexibility index (Phi) is 4.47. The van der Waals surface area contributed by atoms with Crippen molar-refractivity contribution in [2.24, 2.45) is 0 Å². The van der Waals surface area contributed by atoms with Crippen LogP contribution in [0.2, 0.25) is 5.02 Å². The lowest BCUT2D eigenvalue weighted by Gasteiger charge is -2.15. The number of rotatable bonds is 4. The third kappa shape index (κ3) is 2.57. The molecule has 2 aromatic rings. The number of ether oxygens (including phenoxy) is 1. The van der Waals surface area contributed by atoms with E-state index in [1.807, 2.05) is 6.92 Å². The van der Waals surface area contributed by atoms with Crippen molar-refractivity contribution in [2.75, 3.05) is 7.11 Å². The van der Waals surface area contributed by atoms with E-state index >= 15 is 0 Å². The minimum atomic E-state index is -0.272. The molecule has 0 unspecified atom stereocenters. The van der Waals surface area contributed by atoms with Gasteiger partial charge in [0.25, 0.3) is 5.56 Å². The van der Waals surface area contributed by atoms with E-state index in [-0.39, 0.29) is 12.2 Å². The van der Waals surface area contributed by atoms with Crippen LogP contribution in [0, 0.1) is 0 Å². The van der Waals surface area contributed by atoms with E-state index in [0.29, 0.717) is 28.6 Å². The number of methoxy groups -OCH3 is 1. The van der Waals surface area contributed by atoms with Crippen LogP contribution in [0.5, 0.6) is 5.75 Å². The Morgan fingerprint density at radius 3 is 2.65 bits per heavy atom. The van der Waals surface area contributed by atoms with Gasteiger partial charge in [-0.05, 0) is 37.3 Å². The average Bonchev–Trinajstić information content (AvgIpc) is 2.46. The monoisotopic (exact) mass is 293 g/mol. The highest BCUT2D eigenvalue weighted by Gasteiger charge is 2.13. The molecule has 1 heterocycles. The number of pyridine rings is 1. The van der Waals surface area contributed by atoms with Gasteiger partial charge in [-0.3, -0.25) is 4.79 Å². The molecule has 1 N–H and O–H groups in total. The van der Waals surface area contributed by atoms with E-state index in [1.165, 1.54) is 0 Å². The quantitative estimate of drug-likeness (QED) is 0.943. The molecule has 0 aliphatic heterocycles. The van der Waals surface area contributed by atoms with Gasteiger partial charge in [0, 0.05) is 22.7 Å². The van der Waals surface area contributed by atoms with Crippen molar-refractivity contribution in [1.29, 1.82) is 0 Å². The highest BCUT2D eigenvalue weighted by atomic mass is 35.5. The summed E-state index contributed by atoms with van der Waals surface area (Å²) in [5.74, 6) is 0.646. The lowest BCUT2D eigenvalue weighted by atomic mass is 10.1. The predicted octanol–water partition coefficient (Wildman–Crippen LogP) is 2.69. The molecule has 20 heavy (non-hydrogen) atoms. The summed E-state index contributed by atoms with van der Waals surface area (Å²) in [5.41, 5.74) is 1.64. The molecular formula is C15H16ClNO3. The molecule has 5 heteroatoms. The summed E-state index contributed by atoms with van der Waals surface area (Å²) >= 11 is 6.03. The molecule has 0 saturated heterocycles. The van der Waals surface area contributed by atoms with E-state index in [4.69, 9.17) is 16.3 Å². The van der Waals surface area contributed by atoms with Gasteiger partial charge >= 0.3 is 0 Å². The fourth-order valence-corrected chi connectivity index (χ4v) is 2.35. The van der Waals surface area contributed by atoms with Crippen LogP contribution in [0.15, 0.2) is 35.1 Å². The summed E-state index contributed by atoms with van der Waals surface area (Å²) in [4.78, 5) is 12.2. The lowest BCUT2D eigenvalue weighted by molar-refractivity contribution is 0.279. The van der Waals surface area contributed by atoms with Crippen molar-refractivity contribution in [3.05, 3.63) is 51.3 Å². The molecule has 1 aromatic carbocycles. The molecule has 0 bridgehead atoms. The van der Waals surface area contributed by atoms with Gasteiger partial charge in [-0.25, -0.2) is 0 Å². The summed E-state index contributed by atoms with van der Waals surface area (Å²) in [6, 6.07) is 8.69. The van der Waals surface area contributed by atoms with Gasteiger partial charge in [-0.2, -0.15) is 0 Å². The van der Waals surface area contributed by atoms with Crippen molar-refractivity contribution >= 4 is 11.6 Å². The van der Waals surface area contributed by atoms with Gasteiger partial charge in [-0.15, -0.1) is 0 Å². The second-order valence-corrected chi connectivity index (χ2v) is 4.73. The number of halogens is 1. The molecule has 4 nitrogen and oxygen atoms in total. The van der Waals surface area contributed by atoms with Gasteiger partial charge in [0.15, 0.2) is 0 Å². The van der Waals surface area contributed by atoms with Crippen molar-refractivity contribution in [3.8, 4) is 17.0 Å². The number of aliphatic hydroxyl groups is 1. The summed E-state index contributed by atoms with van der Waals surface area (Å²) in [6.45, 7) is 2.10. The summed E-state index contributed by atoms with van der Waals surface area (Å²) < 4.78 is 6.92. The van der Waals surface area contributed by atoms with E-state index in [2.05, 4.69) is 0 Å². The Balaban J connectivity index is 2.73. The second kappa shape index (κ2) is 6.11. The maximum atomic E-state index is 12.2. The Hall–Kier alpha value is -1.78. The zero-order chi connectivity index (χ0) is 14.7. The first-order chi connectivity index (χ1) is 9.62. The zero-order valence-corrected chi connectivity index (χ0v) is 12.1. The smallest absolute Gasteiger partial charge is 0.256 e. The van der Waals surface area contributed by atoms with Crippen LogP contribution in [-0.4, -0.2) is 16.8 Å². The Bertz CT molecular complexity index is 679. The molecule has 0 atom stereocenters. The highest BCUT2D eigenvalue weighted by Crippen LogP contribution is 2.32. The van der Waals surface area contributed by atoms with E-state index in [1.54, 1.807) is 42.0 Å². The standard InChI is InChI=1S/C15H16ClNO3/c1-3-17-13(6-4-10(9-18)15(17)19)12-8-11(16)5-7-14(12)20-2/h4-8,18H,3,9H2,1-2H3. The van der Waals surface area contributed by atoms with Gasteiger partial charge in [0.2, 0.25) is 0 Å². The summed E-state index contributed by atoms with van der Waals surface area (Å²) in [6.07, 6.45) is 0. The van der Waals surface area contributed by atoms with Crippen LogP contribution < -0.4 is 10.3 Å². The number of aromatic nitrogens is 1. The van der Waals surface area contributed by atoms with E-state index in [0.717, 1.165) is 5.56 Å². The zero-order valence-electron chi connectivity index (χ0n) is 11.4. The number of hydrogen-bond donors (Lipinski definition) is 1. The minimum Gasteiger partial charge on any atom is -0.496 e. The van der Waals surface area contributed by atoms with E-state index in [9.17, 15) is 9.90 Å². The van der Waals surface area contributed by atoms with Gasteiger partial charge in [-0.1, -0.05) is 11.6 Å². The Morgan fingerprint density at radius 1 is 1.30 bits per heavy atom. The molecule has 0 spiro atoms. The molecule has 2 rings (SSSR count). The van der Waals surface area contributed by atoms with Crippen LogP contribution in [-0.2, 0) is 13.2 Å². The van der Waals surface area contributed by atoms with Gasteiger partial charge in [0.05, 0.1) is 19.4 Å². The number of aliphatic hydroxyl groups excluding tert-OH is 1. The van der Waals surface area contributed by atoms with Crippen LogP contribution in [0.25, 0.3) is 11.3 Å². The largest absolute Gasteiger partial charge is 0.496 e. The van der Waals surface area contributed by atoms with E-state index < -0.39 is 0 Å². The molecule has 0 amide bonds. The molecule has 0 fully saturated rings. The van der Waals surface area contributed by atoms with Crippen LogP contribution in [0.4, 0.5) is 0 Å². The maximum Gasteiger partial charge on any atom is 0.256 e. The molecule has 0 aliphatic rings. The number of hydrogen-bond acceptors (Lipinski definition) is 3. The molecule has 1 aromatic heterocycles. The summed E-state index contributed by atoms with van der Waals surface area (Å²) in [5, 5.41) is 9.76. The fraction of sp³-hybridized carbons (Fsp3) is 0.267. The second-order valence-electron chi connectivity index (χ2n) is 4.30.